The molecule has 302 valence electrons. The highest BCUT2D eigenvalue weighted by Gasteiger charge is 2.71. The lowest BCUT2D eigenvalue weighted by Crippen LogP contribution is -2.53. The molecule has 0 radical (unpaired) electrons. The first-order valence-corrected chi connectivity index (χ1v) is 28.2. The summed E-state index contributed by atoms with van der Waals surface area (Å²) in [5.74, 6) is 0.839. The lowest BCUT2D eigenvalue weighted by molar-refractivity contribution is 0.558. The summed E-state index contributed by atoms with van der Waals surface area (Å²) < 4.78 is 1.52. The SMILES string of the molecule is CCCCCCCCCCC12SC3(CCCCCCCCCC)SC(CCCCCCCCCC)(S1)SC(CCCCCCCCCCCl)(S2)S3. The van der Waals surface area contributed by atoms with Gasteiger partial charge >= 0.3 is 0 Å². The molecule has 4 bridgehead atoms. The smallest absolute Gasteiger partial charge is 0.113 e. The van der Waals surface area contributed by atoms with Gasteiger partial charge in [-0.3, -0.25) is 0 Å². The average Bonchev–Trinajstić information content (AvgIpc) is 3.10. The van der Waals surface area contributed by atoms with Gasteiger partial charge in [-0.05, 0) is 32.1 Å². The Labute approximate surface area is 350 Å². The molecule has 51 heavy (non-hydrogen) atoms. The third-order valence-corrected chi connectivity index (χ3v) is 23.7. The Morgan fingerprint density at radius 2 is 0.431 bits per heavy atom. The van der Waals surface area contributed by atoms with Gasteiger partial charge in [0.1, 0.15) is 13.6 Å². The third kappa shape index (κ3) is 19.1. The molecule has 0 aromatic rings. The van der Waals surface area contributed by atoms with Crippen LogP contribution < -0.4 is 0 Å². The fourth-order valence-electron chi connectivity index (χ4n) is 8.21. The Morgan fingerprint density at radius 3 is 0.627 bits per heavy atom. The minimum absolute atomic E-state index is 0.378. The first-order chi connectivity index (χ1) is 25.0. The van der Waals surface area contributed by atoms with Gasteiger partial charge in [0, 0.05) is 5.88 Å². The number of hydrogen-bond acceptors (Lipinski definition) is 6. The normalized spacial score (nSPS) is 26.8. The number of hydrogen-bond donors (Lipinski definition) is 0. The Hall–Kier alpha value is 2.39. The zero-order chi connectivity index (χ0) is 36.4. The molecule has 4 heterocycles. The van der Waals surface area contributed by atoms with Gasteiger partial charge in [0.15, 0.2) is 0 Å². The van der Waals surface area contributed by atoms with E-state index in [1.807, 2.05) is 0 Å². The first-order valence-electron chi connectivity index (χ1n) is 22.8. The average molecular weight is 840 g/mol. The highest BCUT2D eigenvalue weighted by Crippen LogP contribution is 2.91. The molecule has 0 aromatic carbocycles. The maximum absolute atomic E-state index is 5.92. The highest BCUT2D eigenvalue weighted by molar-refractivity contribution is 8.64. The van der Waals surface area contributed by atoms with E-state index in [1.165, 1.54) is 231 Å². The van der Waals surface area contributed by atoms with E-state index in [4.69, 9.17) is 11.6 Å². The molecule has 4 aliphatic rings. The van der Waals surface area contributed by atoms with Crippen LogP contribution in [0, 0.1) is 0 Å². The molecule has 0 saturated carbocycles. The van der Waals surface area contributed by atoms with Crippen molar-refractivity contribution in [3.63, 3.8) is 0 Å². The molecule has 0 nitrogen and oxygen atoms in total. The van der Waals surface area contributed by atoms with Gasteiger partial charge < -0.3 is 0 Å². The number of alkyl halides is 1. The Bertz CT molecular complexity index is 744. The monoisotopic (exact) mass is 838 g/mol. The molecular formula is C44H83ClS6. The minimum atomic E-state index is 0.378. The van der Waals surface area contributed by atoms with Crippen LogP contribution in [-0.2, 0) is 0 Å². The predicted molar refractivity (Wildman–Crippen MR) is 250 cm³/mol. The van der Waals surface area contributed by atoms with Crippen LogP contribution in [0.2, 0.25) is 0 Å². The van der Waals surface area contributed by atoms with Gasteiger partial charge in [-0.2, -0.15) is 0 Å². The summed E-state index contributed by atoms with van der Waals surface area (Å²) in [7, 11) is 0. The van der Waals surface area contributed by atoms with Gasteiger partial charge in [-0.1, -0.05) is 220 Å². The molecule has 0 spiro atoms. The van der Waals surface area contributed by atoms with Crippen molar-refractivity contribution in [2.45, 2.75) is 266 Å². The zero-order valence-corrected chi connectivity index (χ0v) is 39.6. The third-order valence-electron chi connectivity index (χ3n) is 11.2. The quantitative estimate of drug-likeness (QED) is 0.0448. The minimum Gasteiger partial charge on any atom is -0.127 e. The van der Waals surface area contributed by atoms with Crippen LogP contribution in [0.1, 0.15) is 252 Å². The van der Waals surface area contributed by atoms with Crippen molar-refractivity contribution in [1.29, 1.82) is 0 Å². The van der Waals surface area contributed by atoms with Crippen molar-refractivity contribution < 1.29 is 0 Å². The van der Waals surface area contributed by atoms with Crippen molar-refractivity contribution in [2.75, 3.05) is 5.88 Å². The van der Waals surface area contributed by atoms with Crippen LogP contribution in [0.25, 0.3) is 0 Å². The molecule has 0 N–H and O–H groups in total. The lowest BCUT2D eigenvalue weighted by atomic mass is 10.1. The maximum Gasteiger partial charge on any atom is 0.113 e. The van der Waals surface area contributed by atoms with E-state index in [2.05, 4.69) is 91.3 Å². The van der Waals surface area contributed by atoms with Crippen molar-refractivity contribution in [2.24, 2.45) is 0 Å². The van der Waals surface area contributed by atoms with Crippen molar-refractivity contribution in [3.05, 3.63) is 0 Å². The standard InChI is InChI=1S/C44H83ClS6/c1-4-7-10-13-16-21-26-31-36-41-46-42(37-32-27-22-17-14-11-8-5-2)48-43(47-41,38-33-28-23-18-15-12-9-6-3)51-44(49-41,50-42)39-34-29-24-19-20-25-30-35-40-45/h4-40H2,1-3H3. The van der Waals surface area contributed by atoms with Crippen LogP contribution in [0.5, 0.6) is 0 Å². The van der Waals surface area contributed by atoms with Gasteiger partial charge in [-0.25, -0.2) is 0 Å². The summed E-state index contributed by atoms with van der Waals surface area (Å²) in [6, 6.07) is 0. The van der Waals surface area contributed by atoms with Crippen LogP contribution in [0.15, 0.2) is 0 Å². The summed E-state index contributed by atoms with van der Waals surface area (Å²) >= 11 is 20.9. The van der Waals surface area contributed by atoms with E-state index in [1.54, 1.807) is 0 Å². The molecule has 0 unspecified atom stereocenters. The van der Waals surface area contributed by atoms with Crippen LogP contribution in [-0.4, -0.2) is 19.5 Å². The first kappa shape index (κ1) is 47.8. The van der Waals surface area contributed by atoms with E-state index in [9.17, 15) is 0 Å². The maximum atomic E-state index is 5.92. The summed E-state index contributed by atoms with van der Waals surface area (Å²) in [5.41, 5.74) is 0. The number of thioether (sulfide) groups is 6. The highest BCUT2D eigenvalue weighted by atomic mass is 35.5. The van der Waals surface area contributed by atoms with Gasteiger partial charge in [0.2, 0.25) is 0 Å². The van der Waals surface area contributed by atoms with Crippen LogP contribution in [0.4, 0.5) is 0 Å². The number of halogens is 1. The summed E-state index contributed by atoms with van der Waals surface area (Å²) in [4.78, 5) is 0. The number of unbranched alkanes of at least 4 members (excludes halogenated alkanes) is 28. The van der Waals surface area contributed by atoms with E-state index in [0.717, 1.165) is 5.88 Å². The second-order valence-electron chi connectivity index (χ2n) is 16.3. The molecule has 0 aromatic heterocycles. The van der Waals surface area contributed by atoms with Crippen LogP contribution >= 0.6 is 82.2 Å². The second kappa shape index (κ2) is 28.7. The van der Waals surface area contributed by atoms with E-state index < -0.39 is 0 Å². The predicted octanol–water partition coefficient (Wildman–Crippen LogP) is 19.4. The topological polar surface area (TPSA) is 0 Å². The molecule has 7 heteroatoms. The molecule has 0 amide bonds. The van der Waals surface area contributed by atoms with E-state index >= 15 is 0 Å². The molecule has 4 fully saturated rings. The molecule has 0 atom stereocenters. The lowest BCUT2D eigenvalue weighted by Gasteiger charge is -2.67. The van der Waals surface area contributed by atoms with Crippen molar-refractivity contribution >= 4 is 82.2 Å². The van der Waals surface area contributed by atoms with E-state index in [-0.39, 0.29) is 0 Å². The molecule has 4 aliphatic heterocycles. The van der Waals surface area contributed by atoms with E-state index in [0.29, 0.717) is 13.6 Å². The number of rotatable bonds is 37. The fraction of sp³-hybridized carbons (Fsp3) is 1.00. The van der Waals surface area contributed by atoms with Gasteiger partial charge in [0.25, 0.3) is 0 Å². The van der Waals surface area contributed by atoms with Crippen molar-refractivity contribution in [3.8, 4) is 0 Å². The molecular weight excluding hydrogens is 756 g/mol. The zero-order valence-electron chi connectivity index (χ0n) is 34.0. The molecule has 4 saturated heterocycles. The summed E-state index contributed by atoms with van der Waals surface area (Å²) in [6.45, 7) is 7.03. The Balaban J connectivity index is 1.65. The van der Waals surface area contributed by atoms with Gasteiger partial charge in [0.05, 0.1) is 0 Å². The van der Waals surface area contributed by atoms with Crippen LogP contribution in [0.3, 0.4) is 0 Å². The van der Waals surface area contributed by atoms with Crippen molar-refractivity contribution in [1.82, 2.24) is 0 Å². The Kier molecular flexibility index (Phi) is 26.9. The molecule has 0 aliphatic carbocycles. The summed E-state index contributed by atoms with van der Waals surface area (Å²) in [5, 5.41) is 0. The second-order valence-corrected chi connectivity index (χ2v) is 29.4. The largest absolute Gasteiger partial charge is 0.127 e. The fourth-order valence-corrected chi connectivity index (χ4v) is 30.2. The van der Waals surface area contributed by atoms with Gasteiger partial charge in [-0.15, -0.1) is 82.2 Å². The molecule has 4 rings (SSSR count). The summed E-state index contributed by atoms with van der Waals surface area (Å²) in [6.07, 6.45) is 51.4. The Morgan fingerprint density at radius 1 is 0.255 bits per heavy atom.